The van der Waals surface area contributed by atoms with Gasteiger partial charge in [-0.05, 0) is 79.2 Å². The van der Waals surface area contributed by atoms with E-state index in [1.165, 1.54) is 28.5 Å². The molecule has 1 aromatic rings. The summed E-state index contributed by atoms with van der Waals surface area (Å²) in [6.45, 7) is 19.0. The maximum atomic E-state index is 12.8. The van der Waals surface area contributed by atoms with Gasteiger partial charge in [-0.1, -0.05) is 59.8 Å². The van der Waals surface area contributed by atoms with E-state index in [0.717, 1.165) is 18.4 Å². The molecule has 1 aliphatic carbocycles. The number of carbonyl (C=O) groups is 1. The number of ketones is 1. The minimum absolute atomic E-state index is 0.143. The van der Waals surface area contributed by atoms with Crippen molar-refractivity contribution in [3.63, 3.8) is 0 Å². The lowest BCUT2D eigenvalue weighted by Crippen LogP contribution is -2.25. The molecule has 0 spiro atoms. The Morgan fingerprint density at radius 1 is 0.971 bits per heavy atom. The van der Waals surface area contributed by atoms with Gasteiger partial charge in [0.15, 0.2) is 9.84 Å². The molecule has 0 aliphatic heterocycles. The van der Waals surface area contributed by atoms with Crippen LogP contribution in [0.3, 0.4) is 0 Å². The maximum absolute atomic E-state index is 12.8. The molecule has 0 heterocycles. The molecule has 5 heteroatoms. The van der Waals surface area contributed by atoms with Crippen molar-refractivity contribution in [3.05, 3.63) is 46.0 Å². The Hall–Kier alpha value is -1.46. The zero-order valence-corrected chi connectivity index (χ0v) is 23.8. The molecule has 0 N–H and O–H groups in total. The number of hydrogen-bond acceptors (Lipinski definition) is 4. The van der Waals surface area contributed by atoms with Gasteiger partial charge in [0.2, 0.25) is 0 Å². The number of sulfone groups is 1. The van der Waals surface area contributed by atoms with E-state index in [1.54, 1.807) is 13.0 Å². The lowest BCUT2D eigenvalue weighted by molar-refractivity contribution is -0.123. The Kier molecular flexibility index (Phi) is 9.75. The summed E-state index contributed by atoms with van der Waals surface area (Å²) in [5, 5.41) is -0.618. The van der Waals surface area contributed by atoms with Gasteiger partial charge in [-0.3, -0.25) is 4.79 Å². The standard InChI is InChI=1S/C29H46O4S/c1-17(2)24-14-25(18(3)4)29(26(15-24)19(5)6)22(9)33-28(16-27(30)23-11-12-23)20(7)13-21(8)34(10,31)32/h13-15,17-19,21-23,28H,11-12,16H2,1-10H3/b20-13-/t21-,22+,28+/m1/s1. The van der Waals surface area contributed by atoms with E-state index in [0.29, 0.717) is 24.2 Å². The largest absolute Gasteiger partial charge is 0.366 e. The molecule has 3 atom stereocenters. The number of Topliss-reactive ketones (excluding diaryl/α,β-unsaturated/α-hetero) is 1. The van der Waals surface area contributed by atoms with Gasteiger partial charge in [0.25, 0.3) is 0 Å². The minimum atomic E-state index is -3.21. The second-order valence-electron chi connectivity index (χ2n) is 11.2. The van der Waals surface area contributed by atoms with Crippen molar-refractivity contribution < 1.29 is 17.9 Å². The molecule has 0 amide bonds. The topological polar surface area (TPSA) is 60.4 Å². The van der Waals surface area contributed by atoms with E-state index in [-0.39, 0.29) is 17.8 Å². The van der Waals surface area contributed by atoms with Crippen molar-refractivity contribution in [1.29, 1.82) is 0 Å². The van der Waals surface area contributed by atoms with Crippen molar-refractivity contribution in [1.82, 2.24) is 0 Å². The monoisotopic (exact) mass is 490 g/mol. The third kappa shape index (κ3) is 7.52. The van der Waals surface area contributed by atoms with Crippen LogP contribution in [0.4, 0.5) is 0 Å². The molecule has 1 saturated carbocycles. The lowest BCUT2D eigenvalue weighted by atomic mass is 9.82. The number of benzene rings is 1. The zero-order valence-electron chi connectivity index (χ0n) is 22.9. The van der Waals surface area contributed by atoms with Crippen LogP contribution in [0.2, 0.25) is 0 Å². The minimum Gasteiger partial charge on any atom is -0.366 e. The Bertz CT molecular complexity index is 968. The number of ether oxygens (including phenoxy) is 1. The van der Waals surface area contributed by atoms with Gasteiger partial charge < -0.3 is 4.74 Å². The smallest absolute Gasteiger partial charge is 0.153 e. The summed E-state index contributed by atoms with van der Waals surface area (Å²) in [5.74, 6) is 1.48. The number of hydrogen-bond donors (Lipinski definition) is 0. The van der Waals surface area contributed by atoms with Crippen LogP contribution in [0, 0.1) is 5.92 Å². The maximum Gasteiger partial charge on any atom is 0.153 e. The third-order valence-corrected chi connectivity index (χ3v) is 8.54. The van der Waals surface area contributed by atoms with Crippen LogP contribution in [-0.2, 0) is 19.4 Å². The summed E-state index contributed by atoms with van der Waals surface area (Å²) in [7, 11) is -3.21. The van der Waals surface area contributed by atoms with Crippen molar-refractivity contribution >= 4 is 15.6 Å². The van der Waals surface area contributed by atoms with E-state index in [9.17, 15) is 13.2 Å². The molecule has 0 saturated heterocycles. The molecule has 0 aromatic heterocycles. The van der Waals surface area contributed by atoms with Crippen LogP contribution in [-0.4, -0.2) is 31.8 Å². The van der Waals surface area contributed by atoms with Crippen molar-refractivity contribution in [2.45, 2.75) is 117 Å². The van der Waals surface area contributed by atoms with Crippen LogP contribution in [0.5, 0.6) is 0 Å². The summed E-state index contributed by atoms with van der Waals surface area (Å²) in [6, 6.07) is 4.63. The molecule has 0 bridgehead atoms. The Labute approximate surface area is 208 Å². The quantitative estimate of drug-likeness (QED) is 0.289. The lowest BCUT2D eigenvalue weighted by Gasteiger charge is -2.30. The summed E-state index contributed by atoms with van der Waals surface area (Å²) in [5.41, 5.74) is 5.94. The van der Waals surface area contributed by atoms with E-state index >= 15 is 0 Å². The molecule has 2 rings (SSSR count). The average Bonchev–Trinajstić information content (AvgIpc) is 3.56. The highest BCUT2D eigenvalue weighted by Gasteiger charge is 2.33. The molecular weight excluding hydrogens is 444 g/mol. The highest BCUT2D eigenvalue weighted by atomic mass is 32.2. The Balaban J connectivity index is 2.50. The fourth-order valence-corrected chi connectivity index (χ4v) is 4.93. The second kappa shape index (κ2) is 11.5. The number of rotatable bonds is 12. The van der Waals surface area contributed by atoms with E-state index in [1.807, 2.05) is 6.92 Å². The normalized spacial score (nSPS) is 18.0. The summed E-state index contributed by atoms with van der Waals surface area (Å²) in [6.07, 6.45) is 4.55. The van der Waals surface area contributed by atoms with Gasteiger partial charge in [-0.25, -0.2) is 8.42 Å². The van der Waals surface area contributed by atoms with Crippen LogP contribution < -0.4 is 0 Å². The predicted octanol–water partition coefficient (Wildman–Crippen LogP) is 7.25. The molecule has 192 valence electrons. The van der Waals surface area contributed by atoms with Gasteiger partial charge in [0, 0.05) is 18.6 Å². The SMILES string of the molecule is C/C(=C/[C@@H](C)S(C)(=O)=O)[C@H](CC(=O)C1CC1)O[C@@H](C)c1c(C(C)C)cc(C(C)C)cc1C(C)C. The van der Waals surface area contributed by atoms with Gasteiger partial charge in [-0.15, -0.1) is 0 Å². The van der Waals surface area contributed by atoms with Crippen LogP contribution >= 0.6 is 0 Å². The van der Waals surface area contributed by atoms with E-state index < -0.39 is 21.2 Å². The number of carbonyl (C=O) groups excluding carboxylic acids is 1. The highest BCUT2D eigenvalue weighted by Crippen LogP contribution is 2.39. The zero-order chi connectivity index (χ0) is 26.0. The first-order valence-corrected chi connectivity index (χ1v) is 14.8. The molecule has 0 radical (unpaired) electrons. The first-order valence-electron chi connectivity index (χ1n) is 12.9. The molecular formula is C29H46O4S. The average molecular weight is 491 g/mol. The van der Waals surface area contributed by atoms with Crippen LogP contribution in [0.1, 0.15) is 128 Å². The first kappa shape index (κ1) is 28.8. The molecule has 34 heavy (non-hydrogen) atoms. The Morgan fingerprint density at radius 3 is 1.85 bits per heavy atom. The summed E-state index contributed by atoms with van der Waals surface area (Å²) >= 11 is 0. The van der Waals surface area contributed by atoms with Gasteiger partial charge in [-0.2, -0.15) is 0 Å². The third-order valence-electron chi connectivity index (χ3n) is 7.05. The van der Waals surface area contributed by atoms with E-state index in [4.69, 9.17) is 4.74 Å². The molecule has 1 aromatic carbocycles. The van der Waals surface area contributed by atoms with Crippen LogP contribution in [0.25, 0.3) is 0 Å². The van der Waals surface area contributed by atoms with Gasteiger partial charge in [0.05, 0.1) is 17.5 Å². The van der Waals surface area contributed by atoms with Crippen molar-refractivity contribution in [2.24, 2.45) is 5.92 Å². The fraction of sp³-hybridized carbons (Fsp3) is 0.690. The highest BCUT2D eigenvalue weighted by molar-refractivity contribution is 7.91. The van der Waals surface area contributed by atoms with Crippen LogP contribution in [0.15, 0.2) is 23.8 Å². The van der Waals surface area contributed by atoms with Gasteiger partial charge >= 0.3 is 0 Å². The van der Waals surface area contributed by atoms with Gasteiger partial charge in [0.1, 0.15) is 5.78 Å². The van der Waals surface area contributed by atoms with Crippen molar-refractivity contribution in [2.75, 3.05) is 6.26 Å². The summed E-state index contributed by atoms with van der Waals surface area (Å²) in [4.78, 5) is 12.8. The fourth-order valence-electron chi connectivity index (χ4n) is 4.47. The van der Waals surface area contributed by atoms with E-state index in [2.05, 4.69) is 60.6 Å². The molecule has 4 nitrogen and oxygen atoms in total. The summed E-state index contributed by atoms with van der Waals surface area (Å²) < 4.78 is 30.8. The Morgan fingerprint density at radius 2 is 1.47 bits per heavy atom. The predicted molar refractivity (Wildman–Crippen MR) is 142 cm³/mol. The molecule has 1 aliphatic rings. The molecule has 0 unspecified atom stereocenters. The second-order valence-corrected chi connectivity index (χ2v) is 13.6. The molecule has 1 fully saturated rings. The van der Waals surface area contributed by atoms with Crippen molar-refractivity contribution in [3.8, 4) is 0 Å². The first-order chi connectivity index (χ1) is 15.6.